The van der Waals surface area contributed by atoms with E-state index < -0.39 is 0 Å². The Labute approximate surface area is 84.7 Å². The fourth-order valence-electron chi connectivity index (χ4n) is 2.91. The maximum absolute atomic E-state index is 5.68. The first-order valence-corrected chi connectivity index (χ1v) is 5.45. The minimum atomic E-state index is 0.809. The second-order valence-electron chi connectivity index (χ2n) is 4.58. The number of nitrogens with two attached hydrogens (primary N) is 1. The highest BCUT2D eigenvalue weighted by Gasteiger charge is 2.37. The van der Waals surface area contributed by atoms with Gasteiger partial charge in [-0.25, -0.2) is 0 Å². The average Bonchev–Trinajstić information content (AvgIpc) is 2.80. The van der Waals surface area contributed by atoms with E-state index in [2.05, 4.69) is 17.0 Å². The van der Waals surface area contributed by atoms with Crippen LogP contribution in [0.25, 0.3) is 0 Å². The molecule has 2 N–H and O–H groups in total. The van der Waals surface area contributed by atoms with Crippen molar-refractivity contribution in [2.75, 3.05) is 17.2 Å². The van der Waals surface area contributed by atoms with Crippen LogP contribution in [0.2, 0.25) is 0 Å². The van der Waals surface area contributed by atoms with Crippen molar-refractivity contribution in [1.82, 2.24) is 0 Å². The zero-order chi connectivity index (χ0) is 9.54. The van der Waals surface area contributed by atoms with Gasteiger partial charge in [-0.3, -0.25) is 0 Å². The highest BCUT2D eigenvalue weighted by atomic mass is 15.2. The molecular weight excluding hydrogens is 172 g/mol. The van der Waals surface area contributed by atoms with Crippen molar-refractivity contribution in [3.05, 3.63) is 24.3 Å². The van der Waals surface area contributed by atoms with Crippen molar-refractivity contribution in [3.63, 3.8) is 0 Å². The lowest BCUT2D eigenvalue weighted by Crippen LogP contribution is -2.31. The van der Waals surface area contributed by atoms with Gasteiger partial charge in [-0.1, -0.05) is 0 Å². The maximum atomic E-state index is 5.68. The summed E-state index contributed by atoms with van der Waals surface area (Å²) in [6, 6.07) is 9.11. The van der Waals surface area contributed by atoms with Gasteiger partial charge in [-0.05, 0) is 49.4 Å². The van der Waals surface area contributed by atoms with Gasteiger partial charge in [-0.15, -0.1) is 0 Å². The third-order valence-corrected chi connectivity index (χ3v) is 3.63. The summed E-state index contributed by atoms with van der Waals surface area (Å²) in [5.74, 6) is 0.956. The fraction of sp³-hybridized carbons (Fsp3) is 0.500. The number of anilines is 2. The predicted molar refractivity (Wildman–Crippen MR) is 59.3 cm³/mol. The third kappa shape index (κ3) is 1.17. The lowest BCUT2D eigenvalue weighted by atomic mass is 10.1. The summed E-state index contributed by atoms with van der Waals surface area (Å²) in [5, 5.41) is 0. The van der Waals surface area contributed by atoms with Crippen LogP contribution in [0.1, 0.15) is 19.3 Å². The molecular formula is C12H16N2. The normalized spacial score (nSPS) is 29.9. The van der Waals surface area contributed by atoms with E-state index in [9.17, 15) is 0 Å². The number of nitrogens with zero attached hydrogens (tertiary/aromatic N) is 1. The van der Waals surface area contributed by atoms with E-state index in [0.29, 0.717) is 0 Å². The molecule has 2 atom stereocenters. The highest BCUT2D eigenvalue weighted by Crippen LogP contribution is 2.40. The molecule has 1 aromatic carbocycles. The Balaban J connectivity index is 1.86. The summed E-state index contributed by atoms with van der Waals surface area (Å²) in [6.07, 6.45) is 4.23. The van der Waals surface area contributed by atoms with E-state index in [1.165, 1.54) is 31.5 Å². The van der Waals surface area contributed by atoms with Gasteiger partial charge >= 0.3 is 0 Å². The first kappa shape index (κ1) is 8.16. The van der Waals surface area contributed by atoms with Crippen molar-refractivity contribution in [3.8, 4) is 0 Å². The summed E-state index contributed by atoms with van der Waals surface area (Å²) >= 11 is 0. The van der Waals surface area contributed by atoms with E-state index in [0.717, 1.165) is 17.6 Å². The second kappa shape index (κ2) is 2.91. The Kier molecular flexibility index (Phi) is 1.69. The van der Waals surface area contributed by atoms with Crippen molar-refractivity contribution in [1.29, 1.82) is 0 Å². The minimum absolute atomic E-state index is 0.809. The van der Waals surface area contributed by atoms with Gasteiger partial charge in [0.15, 0.2) is 0 Å². The summed E-state index contributed by atoms with van der Waals surface area (Å²) in [6.45, 7) is 1.26. The van der Waals surface area contributed by atoms with Gasteiger partial charge in [0.25, 0.3) is 0 Å². The number of fused-ring (bicyclic) bond motifs is 2. The molecule has 0 aromatic heterocycles. The van der Waals surface area contributed by atoms with E-state index in [-0.39, 0.29) is 0 Å². The van der Waals surface area contributed by atoms with Crippen LogP contribution in [0.4, 0.5) is 11.4 Å². The fourth-order valence-corrected chi connectivity index (χ4v) is 2.91. The van der Waals surface area contributed by atoms with Gasteiger partial charge in [0.2, 0.25) is 0 Å². The molecule has 2 nitrogen and oxygen atoms in total. The molecule has 1 heterocycles. The van der Waals surface area contributed by atoms with Crippen molar-refractivity contribution in [2.45, 2.75) is 25.3 Å². The Morgan fingerprint density at radius 1 is 1.14 bits per heavy atom. The Bertz CT molecular complexity index is 331. The molecule has 74 valence electrons. The number of piperidine rings is 1. The van der Waals surface area contributed by atoms with E-state index in [1.807, 2.05) is 12.1 Å². The van der Waals surface area contributed by atoms with Crippen LogP contribution in [0, 0.1) is 5.92 Å². The molecule has 0 amide bonds. The van der Waals surface area contributed by atoms with Crippen molar-refractivity contribution in [2.24, 2.45) is 5.92 Å². The molecule has 1 saturated heterocycles. The standard InChI is InChI=1S/C12H16N2/c13-10-2-5-11(6-3-10)14-8-9-1-4-12(14)7-9/h2-3,5-6,9,12H,1,4,7-8,13H2/t9-,12-/m1/s1. The molecule has 3 rings (SSSR count). The Hall–Kier alpha value is -1.18. The van der Waals surface area contributed by atoms with Crippen LogP contribution in [0.5, 0.6) is 0 Å². The van der Waals surface area contributed by atoms with Crippen LogP contribution in [-0.2, 0) is 0 Å². The van der Waals surface area contributed by atoms with Crippen LogP contribution < -0.4 is 10.6 Å². The van der Waals surface area contributed by atoms with Gasteiger partial charge in [-0.2, -0.15) is 0 Å². The smallest absolute Gasteiger partial charge is 0.0370 e. The zero-order valence-corrected chi connectivity index (χ0v) is 8.32. The number of hydrogen-bond donors (Lipinski definition) is 1. The lowest BCUT2D eigenvalue weighted by molar-refractivity contribution is 0.553. The van der Waals surface area contributed by atoms with Crippen LogP contribution in [-0.4, -0.2) is 12.6 Å². The molecule has 2 heteroatoms. The van der Waals surface area contributed by atoms with E-state index in [4.69, 9.17) is 5.73 Å². The molecule has 0 radical (unpaired) electrons. The van der Waals surface area contributed by atoms with Gasteiger partial charge in [0.05, 0.1) is 0 Å². The molecule has 2 fully saturated rings. The topological polar surface area (TPSA) is 29.3 Å². The highest BCUT2D eigenvalue weighted by molar-refractivity contribution is 5.54. The summed E-state index contributed by atoms with van der Waals surface area (Å²) < 4.78 is 0. The second-order valence-corrected chi connectivity index (χ2v) is 4.58. The molecule has 0 spiro atoms. The van der Waals surface area contributed by atoms with Crippen molar-refractivity contribution < 1.29 is 0 Å². The van der Waals surface area contributed by atoms with Gasteiger partial charge < -0.3 is 10.6 Å². The first-order chi connectivity index (χ1) is 6.83. The monoisotopic (exact) mass is 188 g/mol. The summed E-state index contributed by atoms with van der Waals surface area (Å²) in [7, 11) is 0. The zero-order valence-electron chi connectivity index (χ0n) is 8.32. The Morgan fingerprint density at radius 3 is 2.50 bits per heavy atom. The third-order valence-electron chi connectivity index (χ3n) is 3.63. The predicted octanol–water partition coefficient (Wildman–Crippen LogP) is 2.26. The molecule has 2 bridgehead atoms. The Morgan fingerprint density at radius 2 is 1.93 bits per heavy atom. The number of hydrogen-bond acceptors (Lipinski definition) is 2. The first-order valence-electron chi connectivity index (χ1n) is 5.45. The van der Waals surface area contributed by atoms with E-state index >= 15 is 0 Å². The largest absolute Gasteiger partial charge is 0.399 e. The average molecular weight is 188 g/mol. The van der Waals surface area contributed by atoms with Crippen LogP contribution >= 0.6 is 0 Å². The molecule has 2 aliphatic rings. The molecule has 1 aromatic rings. The molecule has 14 heavy (non-hydrogen) atoms. The lowest BCUT2D eigenvalue weighted by Gasteiger charge is -2.29. The molecule has 1 aliphatic heterocycles. The molecule has 1 aliphatic carbocycles. The van der Waals surface area contributed by atoms with Gasteiger partial charge in [0, 0.05) is 24.0 Å². The minimum Gasteiger partial charge on any atom is -0.399 e. The number of nitrogen functional groups attached to an aromatic ring is 1. The summed E-state index contributed by atoms with van der Waals surface area (Å²) in [5.41, 5.74) is 7.90. The quantitative estimate of drug-likeness (QED) is 0.685. The molecule has 0 unspecified atom stereocenters. The van der Waals surface area contributed by atoms with Crippen LogP contribution in [0.15, 0.2) is 24.3 Å². The number of benzene rings is 1. The van der Waals surface area contributed by atoms with Crippen molar-refractivity contribution >= 4 is 11.4 Å². The van der Waals surface area contributed by atoms with E-state index in [1.54, 1.807) is 0 Å². The SMILES string of the molecule is Nc1ccc(N2C[C@@H]3CC[C@@H]2C3)cc1. The van der Waals surface area contributed by atoms with Crippen LogP contribution in [0.3, 0.4) is 0 Å². The maximum Gasteiger partial charge on any atom is 0.0370 e. The molecule has 1 saturated carbocycles. The van der Waals surface area contributed by atoms with Gasteiger partial charge in [0.1, 0.15) is 0 Å². The number of rotatable bonds is 1. The summed E-state index contributed by atoms with van der Waals surface area (Å²) in [4.78, 5) is 2.55.